The largest absolute Gasteiger partial charge is 0.330 e. The minimum Gasteiger partial charge on any atom is -0.330 e. The first-order valence-corrected chi connectivity index (χ1v) is 5.49. The van der Waals surface area contributed by atoms with Gasteiger partial charge in [0, 0.05) is 5.54 Å². The van der Waals surface area contributed by atoms with E-state index in [4.69, 9.17) is 5.73 Å². The van der Waals surface area contributed by atoms with Gasteiger partial charge in [-0.1, -0.05) is 20.8 Å². The molecule has 1 unspecified atom stereocenters. The van der Waals surface area contributed by atoms with Crippen LogP contribution in [0.4, 0.5) is 0 Å². The van der Waals surface area contributed by atoms with Crippen molar-refractivity contribution in [1.82, 2.24) is 5.32 Å². The Labute approximate surface area is 83.3 Å². The van der Waals surface area contributed by atoms with Gasteiger partial charge in [0.25, 0.3) is 0 Å². The van der Waals surface area contributed by atoms with E-state index in [0.717, 1.165) is 31.8 Å². The normalized spacial score (nSPS) is 16.2. The van der Waals surface area contributed by atoms with Crippen LogP contribution in [0.25, 0.3) is 0 Å². The second-order valence-corrected chi connectivity index (χ2v) is 4.56. The first-order valence-electron chi connectivity index (χ1n) is 5.49. The van der Waals surface area contributed by atoms with E-state index in [1.165, 1.54) is 6.42 Å². The molecular formula is C11H26N2. The highest BCUT2D eigenvalue weighted by atomic mass is 15.0. The maximum Gasteiger partial charge on any atom is 0.0162 e. The zero-order valence-electron chi connectivity index (χ0n) is 9.69. The molecule has 0 fully saturated rings. The lowest BCUT2D eigenvalue weighted by Gasteiger charge is -2.29. The molecular weight excluding hydrogens is 160 g/mol. The summed E-state index contributed by atoms with van der Waals surface area (Å²) < 4.78 is 0. The molecule has 0 saturated heterocycles. The molecule has 1 atom stereocenters. The molecule has 2 nitrogen and oxygen atoms in total. The molecule has 0 aromatic heterocycles. The molecule has 0 aliphatic heterocycles. The number of rotatable bonds is 7. The molecule has 0 aliphatic carbocycles. The first kappa shape index (κ1) is 12.9. The maximum absolute atomic E-state index is 5.58. The quantitative estimate of drug-likeness (QED) is 0.639. The van der Waals surface area contributed by atoms with E-state index in [1.54, 1.807) is 0 Å². The summed E-state index contributed by atoms with van der Waals surface area (Å²) in [7, 11) is 0. The molecule has 0 heterocycles. The third kappa shape index (κ3) is 6.05. The van der Waals surface area contributed by atoms with Gasteiger partial charge in [0.1, 0.15) is 0 Å². The van der Waals surface area contributed by atoms with E-state index < -0.39 is 0 Å². The van der Waals surface area contributed by atoms with Gasteiger partial charge in [-0.3, -0.25) is 0 Å². The Morgan fingerprint density at radius 2 is 2.00 bits per heavy atom. The Bertz CT molecular complexity index is 123. The van der Waals surface area contributed by atoms with E-state index in [2.05, 4.69) is 33.0 Å². The summed E-state index contributed by atoms with van der Waals surface area (Å²) in [5.74, 6) is 0.784. The summed E-state index contributed by atoms with van der Waals surface area (Å²) in [6.07, 6.45) is 3.48. The van der Waals surface area contributed by atoms with Crippen molar-refractivity contribution in [2.75, 3.05) is 13.1 Å². The Hall–Kier alpha value is -0.0800. The minimum atomic E-state index is 0.254. The van der Waals surface area contributed by atoms with Crippen molar-refractivity contribution < 1.29 is 0 Å². The Balaban J connectivity index is 3.69. The lowest BCUT2D eigenvalue weighted by Crippen LogP contribution is -2.44. The minimum absolute atomic E-state index is 0.254. The summed E-state index contributed by atoms with van der Waals surface area (Å²) in [5.41, 5.74) is 5.84. The topological polar surface area (TPSA) is 38.0 Å². The molecule has 0 bridgehead atoms. The van der Waals surface area contributed by atoms with Gasteiger partial charge in [0.2, 0.25) is 0 Å². The van der Waals surface area contributed by atoms with Crippen molar-refractivity contribution in [1.29, 1.82) is 0 Å². The van der Waals surface area contributed by atoms with Gasteiger partial charge >= 0.3 is 0 Å². The lowest BCUT2D eigenvalue weighted by atomic mass is 9.94. The average molecular weight is 186 g/mol. The van der Waals surface area contributed by atoms with Gasteiger partial charge in [0.05, 0.1) is 0 Å². The summed E-state index contributed by atoms with van der Waals surface area (Å²) in [6.45, 7) is 10.9. The number of nitrogens with one attached hydrogen (secondary N) is 1. The summed E-state index contributed by atoms with van der Waals surface area (Å²) in [4.78, 5) is 0. The number of hydrogen-bond donors (Lipinski definition) is 2. The molecule has 0 aromatic carbocycles. The molecule has 0 amide bonds. The van der Waals surface area contributed by atoms with Crippen molar-refractivity contribution in [3.8, 4) is 0 Å². The predicted molar refractivity (Wildman–Crippen MR) is 59.8 cm³/mol. The van der Waals surface area contributed by atoms with E-state index in [9.17, 15) is 0 Å². The average Bonchev–Trinajstić information content (AvgIpc) is 2.04. The fourth-order valence-corrected chi connectivity index (χ4v) is 1.37. The second-order valence-electron chi connectivity index (χ2n) is 4.56. The molecule has 80 valence electrons. The Kier molecular flexibility index (Phi) is 6.35. The van der Waals surface area contributed by atoms with Crippen LogP contribution in [-0.2, 0) is 0 Å². The van der Waals surface area contributed by atoms with Crippen LogP contribution in [0.5, 0.6) is 0 Å². The molecule has 3 N–H and O–H groups in total. The van der Waals surface area contributed by atoms with Gasteiger partial charge in [-0.2, -0.15) is 0 Å². The van der Waals surface area contributed by atoms with Crippen LogP contribution in [0.3, 0.4) is 0 Å². The van der Waals surface area contributed by atoms with Gasteiger partial charge in [-0.05, 0) is 45.2 Å². The lowest BCUT2D eigenvalue weighted by molar-refractivity contribution is 0.315. The highest BCUT2D eigenvalue weighted by Crippen LogP contribution is 2.13. The van der Waals surface area contributed by atoms with E-state index in [1.807, 2.05) is 0 Å². The monoisotopic (exact) mass is 186 g/mol. The van der Waals surface area contributed by atoms with Crippen LogP contribution >= 0.6 is 0 Å². The van der Waals surface area contributed by atoms with Gasteiger partial charge < -0.3 is 11.1 Å². The Morgan fingerprint density at radius 3 is 2.38 bits per heavy atom. The molecule has 0 spiro atoms. The summed E-state index contributed by atoms with van der Waals surface area (Å²) in [6, 6.07) is 0. The molecule has 0 saturated carbocycles. The third-order valence-electron chi connectivity index (χ3n) is 2.75. The zero-order chi connectivity index (χ0) is 10.3. The molecule has 0 aliphatic rings. The Morgan fingerprint density at radius 1 is 1.38 bits per heavy atom. The highest BCUT2D eigenvalue weighted by Gasteiger charge is 2.19. The van der Waals surface area contributed by atoms with Gasteiger partial charge in [0.15, 0.2) is 0 Å². The molecule has 0 radical (unpaired) electrons. The molecule has 0 aromatic rings. The summed E-state index contributed by atoms with van der Waals surface area (Å²) in [5, 5.41) is 3.60. The number of hydrogen-bond acceptors (Lipinski definition) is 2. The molecule has 0 rings (SSSR count). The first-order chi connectivity index (χ1) is 6.04. The van der Waals surface area contributed by atoms with Crippen molar-refractivity contribution in [3.63, 3.8) is 0 Å². The van der Waals surface area contributed by atoms with Crippen LogP contribution in [0, 0.1) is 5.92 Å². The van der Waals surface area contributed by atoms with Crippen LogP contribution in [0.15, 0.2) is 0 Å². The van der Waals surface area contributed by atoms with Crippen LogP contribution in [0.2, 0.25) is 0 Å². The van der Waals surface area contributed by atoms with E-state index in [-0.39, 0.29) is 5.54 Å². The SMILES string of the molecule is CCC(C)(CCN)NCCC(C)C. The van der Waals surface area contributed by atoms with Crippen molar-refractivity contribution >= 4 is 0 Å². The van der Waals surface area contributed by atoms with E-state index >= 15 is 0 Å². The fraction of sp³-hybridized carbons (Fsp3) is 1.00. The van der Waals surface area contributed by atoms with Crippen molar-refractivity contribution in [3.05, 3.63) is 0 Å². The second kappa shape index (κ2) is 6.39. The highest BCUT2D eigenvalue weighted by molar-refractivity contribution is 4.81. The fourth-order valence-electron chi connectivity index (χ4n) is 1.37. The van der Waals surface area contributed by atoms with E-state index in [0.29, 0.717) is 0 Å². The van der Waals surface area contributed by atoms with Gasteiger partial charge in [-0.25, -0.2) is 0 Å². The van der Waals surface area contributed by atoms with Crippen LogP contribution in [-0.4, -0.2) is 18.6 Å². The molecule has 2 heteroatoms. The van der Waals surface area contributed by atoms with Crippen LogP contribution < -0.4 is 11.1 Å². The summed E-state index contributed by atoms with van der Waals surface area (Å²) >= 11 is 0. The van der Waals surface area contributed by atoms with Crippen LogP contribution in [0.1, 0.15) is 47.0 Å². The van der Waals surface area contributed by atoms with Crippen molar-refractivity contribution in [2.24, 2.45) is 11.7 Å². The molecule has 13 heavy (non-hydrogen) atoms. The zero-order valence-corrected chi connectivity index (χ0v) is 9.69. The number of nitrogens with two attached hydrogens (primary N) is 1. The third-order valence-corrected chi connectivity index (χ3v) is 2.75. The standard InChI is InChI=1S/C11H26N2/c1-5-11(4,7-8-12)13-9-6-10(2)3/h10,13H,5-9,12H2,1-4H3. The van der Waals surface area contributed by atoms with Gasteiger partial charge in [-0.15, -0.1) is 0 Å². The maximum atomic E-state index is 5.58. The smallest absolute Gasteiger partial charge is 0.0162 e. The van der Waals surface area contributed by atoms with Crippen molar-refractivity contribution in [2.45, 2.75) is 52.5 Å². The predicted octanol–water partition coefficient (Wildman–Crippen LogP) is 2.14.